The molecule has 5 heteroatoms. The average Bonchev–Trinajstić information content (AvgIpc) is 2.49. The van der Waals surface area contributed by atoms with Gasteiger partial charge in [0.15, 0.2) is 0 Å². The van der Waals surface area contributed by atoms with Crippen LogP contribution in [0.25, 0.3) is 0 Å². The van der Waals surface area contributed by atoms with E-state index < -0.39 is 0 Å². The first kappa shape index (κ1) is 16.7. The molecule has 0 aromatic rings. The highest BCUT2D eigenvalue weighted by Gasteiger charge is 2.38. The number of carbonyl (C=O) groups excluding carboxylic acids is 1. The summed E-state index contributed by atoms with van der Waals surface area (Å²) >= 11 is 0. The normalized spacial score (nSPS) is 27.5. The van der Waals surface area contributed by atoms with Crippen molar-refractivity contribution >= 4 is 5.91 Å². The zero-order valence-electron chi connectivity index (χ0n) is 14.0. The Morgan fingerprint density at radius 3 is 2.67 bits per heavy atom. The Balaban J connectivity index is 1.89. The Bertz CT molecular complexity index is 336. The second-order valence-corrected chi connectivity index (χ2v) is 6.89. The SMILES string of the molecule is CCCC1(C(=O)NCC2CN(C)CCN2C)CCNCC1. The van der Waals surface area contributed by atoms with Gasteiger partial charge in [0.1, 0.15) is 0 Å². The molecule has 0 aromatic carbocycles. The molecule has 2 heterocycles. The Kier molecular flexibility index (Phi) is 6.02. The smallest absolute Gasteiger partial charge is 0.226 e. The molecule has 1 amide bonds. The highest BCUT2D eigenvalue weighted by molar-refractivity contribution is 5.82. The maximum absolute atomic E-state index is 12.8. The summed E-state index contributed by atoms with van der Waals surface area (Å²) in [5, 5.41) is 6.64. The van der Waals surface area contributed by atoms with Crippen LogP contribution in [0.1, 0.15) is 32.6 Å². The third-order valence-corrected chi connectivity index (χ3v) is 5.25. The number of nitrogens with zero attached hydrogens (tertiary/aromatic N) is 2. The minimum absolute atomic E-state index is 0.126. The van der Waals surface area contributed by atoms with Gasteiger partial charge in [-0.05, 0) is 46.4 Å². The molecule has 5 nitrogen and oxygen atoms in total. The van der Waals surface area contributed by atoms with E-state index >= 15 is 0 Å². The molecular formula is C16H32N4O. The predicted octanol–water partition coefficient (Wildman–Crippen LogP) is 0.518. The van der Waals surface area contributed by atoms with Crippen molar-refractivity contribution in [1.29, 1.82) is 0 Å². The molecule has 122 valence electrons. The zero-order chi connectivity index (χ0) is 15.3. The van der Waals surface area contributed by atoms with Gasteiger partial charge >= 0.3 is 0 Å². The van der Waals surface area contributed by atoms with E-state index in [0.717, 1.165) is 65.0 Å². The van der Waals surface area contributed by atoms with E-state index in [1.54, 1.807) is 0 Å². The van der Waals surface area contributed by atoms with Gasteiger partial charge in [0.25, 0.3) is 0 Å². The third-order valence-electron chi connectivity index (χ3n) is 5.25. The molecule has 0 spiro atoms. The molecule has 1 atom stereocenters. The summed E-state index contributed by atoms with van der Waals surface area (Å²) in [6, 6.07) is 0.438. The molecule has 2 aliphatic heterocycles. The van der Waals surface area contributed by atoms with Crippen molar-refractivity contribution in [3.05, 3.63) is 0 Å². The predicted molar refractivity (Wildman–Crippen MR) is 86.4 cm³/mol. The number of likely N-dealkylation sites (N-methyl/N-ethyl adjacent to an activating group) is 2. The maximum atomic E-state index is 12.8. The van der Waals surface area contributed by atoms with Gasteiger partial charge in [-0.25, -0.2) is 0 Å². The maximum Gasteiger partial charge on any atom is 0.226 e. The minimum atomic E-state index is -0.126. The van der Waals surface area contributed by atoms with Gasteiger partial charge in [-0.3, -0.25) is 9.69 Å². The topological polar surface area (TPSA) is 47.6 Å². The van der Waals surface area contributed by atoms with Crippen LogP contribution in [0.4, 0.5) is 0 Å². The third kappa shape index (κ3) is 4.18. The van der Waals surface area contributed by atoms with Crippen LogP contribution in [0.5, 0.6) is 0 Å². The lowest BCUT2D eigenvalue weighted by Gasteiger charge is -2.40. The summed E-state index contributed by atoms with van der Waals surface area (Å²) < 4.78 is 0. The number of piperidine rings is 1. The Morgan fingerprint density at radius 2 is 2.00 bits per heavy atom. The molecule has 2 N–H and O–H groups in total. The molecule has 0 radical (unpaired) electrons. The fourth-order valence-electron chi connectivity index (χ4n) is 3.69. The van der Waals surface area contributed by atoms with Crippen LogP contribution in [0.15, 0.2) is 0 Å². The molecule has 21 heavy (non-hydrogen) atoms. The Morgan fingerprint density at radius 1 is 1.29 bits per heavy atom. The number of nitrogens with one attached hydrogen (secondary N) is 2. The van der Waals surface area contributed by atoms with E-state index in [9.17, 15) is 4.79 Å². The number of piperazine rings is 1. The molecular weight excluding hydrogens is 264 g/mol. The first-order chi connectivity index (χ1) is 10.1. The van der Waals surface area contributed by atoms with Gasteiger partial charge in [0.05, 0.1) is 5.41 Å². The zero-order valence-corrected chi connectivity index (χ0v) is 14.0. The summed E-state index contributed by atoms with van der Waals surface area (Å²) in [4.78, 5) is 17.5. The van der Waals surface area contributed by atoms with Crippen molar-refractivity contribution in [2.45, 2.75) is 38.6 Å². The standard InChI is InChI=1S/C16H32N4O/c1-4-5-16(6-8-17-9-7-16)15(21)18-12-14-13-19(2)10-11-20(14)3/h14,17H,4-13H2,1-3H3,(H,18,21). The summed E-state index contributed by atoms with van der Waals surface area (Å²) in [5.74, 6) is 0.285. The van der Waals surface area contributed by atoms with Gasteiger partial charge < -0.3 is 15.5 Å². The summed E-state index contributed by atoms with van der Waals surface area (Å²) in [6.45, 7) is 8.14. The molecule has 2 rings (SSSR count). The molecule has 2 saturated heterocycles. The van der Waals surface area contributed by atoms with Crippen LogP contribution >= 0.6 is 0 Å². The van der Waals surface area contributed by atoms with E-state index in [1.807, 2.05) is 0 Å². The number of hydrogen-bond donors (Lipinski definition) is 2. The second kappa shape index (κ2) is 7.56. The van der Waals surface area contributed by atoms with E-state index in [0.29, 0.717) is 6.04 Å². The lowest BCUT2D eigenvalue weighted by Crippen LogP contribution is -2.56. The highest BCUT2D eigenvalue weighted by atomic mass is 16.2. The van der Waals surface area contributed by atoms with Crippen LogP contribution in [-0.2, 0) is 4.79 Å². The van der Waals surface area contributed by atoms with E-state index in [1.165, 1.54) is 0 Å². The molecule has 2 fully saturated rings. The summed E-state index contributed by atoms with van der Waals surface area (Å²) in [7, 11) is 4.32. The van der Waals surface area contributed by atoms with Crippen LogP contribution in [0, 0.1) is 5.41 Å². The first-order valence-corrected chi connectivity index (χ1v) is 8.45. The van der Waals surface area contributed by atoms with Gasteiger partial charge in [0, 0.05) is 32.2 Å². The fourth-order valence-corrected chi connectivity index (χ4v) is 3.69. The molecule has 1 unspecified atom stereocenters. The van der Waals surface area contributed by atoms with E-state index in [2.05, 4.69) is 41.5 Å². The number of rotatable bonds is 5. The van der Waals surface area contributed by atoms with E-state index in [-0.39, 0.29) is 11.3 Å². The van der Waals surface area contributed by atoms with Crippen molar-refractivity contribution in [2.24, 2.45) is 5.41 Å². The van der Waals surface area contributed by atoms with Gasteiger partial charge in [-0.15, -0.1) is 0 Å². The second-order valence-electron chi connectivity index (χ2n) is 6.89. The van der Waals surface area contributed by atoms with Crippen molar-refractivity contribution in [3.8, 4) is 0 Å². The monoisotopic (exact) mass is 296 g/mol. The van der Waals surface area contributed by atoms with Gasteiger partial charge in [-0.2, -0.15) is 0 Å². The Labute approximate surface area is 129 Å². The quantitative estimate of drug-likeness (QED) is 0.776. The van der Waals surface area contributed by atoms with Crippen LogP contribution < -0.4 is 10.6 Å². The van der Waals surface area contributed by atoms with Gasteiger partial charge in [0.2, 0.25) is 5.91 Å². The van der Waals surface area contributed by atoms with Crippen molar-refractivity contribution in [1.82, 2.24) is 20.4 Å². The summed E-state index contributed by atoms with van der Waals surface area (Å²) in [5.41, 5.74) is -0.126. The highest BCUT2D eigenvalue weighted by Crippen LogP contribution is 2.34. The Hall–Kier alpha value is -0.650. The van der Waals surface area contributed by atoms with Gasteiger partial charge in [-0.1, -0.05) is 13.3 Å². The molecule has 0 aromatic heterocycles. The fraction of sp³-hybridized carbons (Fsp3) is 0.938. The largest absolute Gasteiger partial charge is 0.354 e. The number of carbonyl (C=O) groups is 1. The molecule has 0 saturated carbocycles. The van der Waals surface area contributed by atoms with Crippen molar-refractivity contribution < 1.29 is 4.79 Å². The number of hydrogen-bond acceptors (Lipinski definition) is 4. The summed E-state index contributed by atoms with van der Waals surface area (Å²) in [6.07, 6.45) is 4.06. The van der Waals surface area contributed by atoms with Crippen molar-refractivity contribution in [2.75, 3.05) is 53.4 Å². The van der Waals surface area contributed by atoms with Crippen LogP contribution in [-0.4, -0.2) is 75.1 Å². The van der Waals surface area contributed by atoms with Crippen LogP contribution in [0.2, 0.25) is 0 Å². The lowest BCUT2D eigenvalue weighted by molar-refractivity contribution is -0.133. The van der Waals surface area contributed by atoms with E-state index in [4.69, 9.17) is 0 Å². The first-order valence-electron chi connectivity index (χ1n) is 8.45. The molecule has 0 aliphatic carbocycles. The number of amides is 1. The van der Waals surface area contributed by atoms with Crippen LogP contribution in [0.3, 0.4) is 0 Å². The van der Waals surface area contributed by atoms with Crippen molar-refractivity contribution in [3.63, 3.8) is 0 Å². The minimum Gasteiger partial charge on any atom is -0.354 e. The lowest BCUT2D eigenvalue weighted by atomic mass is 9.74. The molecule has 2 aliphatic rings. The molecule has 0 bridgehead atoms. The average molecular weight is 296 g/mol.